The van der Waals surface area contributed by atoms with Crippen LogP contribution in [0.2, 0.25) is 5.82 Å². The summed E-state index contributed by atoms with van der Waals surface area (Å²) in [7, 11) is 2.52. The predicted octanol–water partition coefficient (Wildman–Crippen LogP) is 2.94. The van der Waals surface area contributed by atoms with Crippen LogP contribution in [-0.2, 0) is 4.74 Å². The maximum Gasteiger partial charge on any atom is 0.127 e. The molecule has 0 heterocycles. The van der Waals surface area contributed by atoms with Crippen molar-refractivity contribution < 1.29 is 4.74 Å². The van der Waals surface area contributed by atoms with Gasteiger partial charge in [-0.05, 0) is 20.8 Å². The van der Waals surface area contributed by atoms with Crippen molar-refractivity contribution in [3.8, 4) is 0 Å². The Labute approximate surface area is 97.8 Å². The van der Waals surface area contributed by atoms with Gasteiger partial charge in [-0.3, -0.25) is 0 Å². The van der Waals surface area contributed by atoms with E-state index >= 15 is 0 Å². The molecule has 0 aromatic rings. The monoisotopic (exact) mass is 210 g/mol. The molecule has 0 aliphatic rings. The summed E-state index contributed by atoms with van der Waals surface area (Å²) >= 11 is 0. The first kappa shape index (κ1) is 15.1. The Hall–Kier alpha value is 0.0899. The second-order valence-electron chi connectivity index (χ2n) is 5.15. The normalized spacial score (nSPS) is 13.7. The maximum absolute atomic E-state index is 5.73. The van der Waals surface area contributed by atoms with Crippen LogP contribution >= 0.6 is 0 Å². The fourth-order valence-electron chi connectivity index (χ4n) is 2.06. The van der Waals surface area contributed by atoms with Gasteiger partial charge in [0.15, 0.2) is 0 Å². The topological polar surface area (TPSA) is 9.23 Å². The molecule has 15 heavy (non-hydrogen) atoms. The zero-order valence-electron chi connectivity index (χ0n) is 11.4. The van der Waals surface area contributed by atoms with Crippen LogP contribution in [-0.4, -0.2) is 26.4 Å². The van der Waals surface area contributed by atoms with Crippen molar-refractivity contribution in [3.05, 3.63) is 0 Å². The molecular weight excluding hydrogens is 182 g/mol. The average Bonchev–Trinajstić information content (AvgIpc) is 2.18. The van der Waals surface area contributed by atoms with Crippen LogP contribution in [0.1, 0.15) is 60.3 Å². The van der Waals surface area contributed by atoms with Crippen molar-refractivity contribution >= 4 is 14.3 Å². The largest absolute Gasteiger partial charge is 0.385 e. The van der Waals surface area contributed by atoms with Crippen LogP contribution in [0.5, 0.6) is 0 Å². The van der Waals surface area contributed by atoms with Crippen molar-refractivity contribution in [2.45, 2.75) is 71.6 Å². The highest BCUT2D eigenvalue weighted by Crippen LogP contribution is 2.19. The lowest BCUT2D eigenvalue weighted by Crippen LogP contribution is -2.37. The third kappa shape index (κ3) is 7.96. The number of hydrogen-bond donors (Lipinski definition) is 0. The number of rotatable bonds is 9. The lowest BCUT2D eigenvalue weighted by Gasteiger charge is -2.25. The van der Waals surface area contributed by atoms with Gasteiger partial charge in [-0.1, -0.05) is 45.3 Å². The SMILES string of the molecule is CCCCC(BBC(C)(C)OCC)CC. The Bertz CT molecular complexity index is 149. The Kier molecular flexibility index (Phi) is 8.32. The molecule has 0 rings (SSSR count). The molecule has 0 radical (unpaired) electrons. The van der Waals surface area contributed by atoms with Gasteiger partial charge in [0.05, 0.1) is 7.17 Å². The second-order valence-corrected chi connectivity index (χ2v) is 5.15. The van der Waals surface area contributed by atoms with Gasteiger partial charge in [0.25, 0.3) is 0 Å². The van der Waals surface area contributed by atoms with E-state index in [2.05, 4.69) is 34.6 Å². The zero-order valence-corrected chi connectivity index (χ0v) is 11.4. The first-order chi connectivity index (χ1) is 7.05. The third-order valence-corrected chi connectivity index (χ3v) is 3.23. The summed E-state index contributed by atoms with van der Waals surface area (Å²) in [5.74, 6) is 0.907. The lowest BCUT2D eigenvalue weighted by atomic mass is 9.28. The highest BCUT2D eigenvalue weighted by Gasteiger charge is 2.21. The van der Waals surface area contributed by atoms with Crippen LogP contribution < -0.4 is 0 Å². The van der Waals surface area contributed by atoms with Gasteiger partial charge in [0, 0.05) is 12.1 Å². The van der Waals surface area contributed by atoms with Crippen molar-refractivity contribution in [2.24, 2.45) is 0 Å². The molecule has 0 N–H and O–H groups in total. The summed E-state index contributed by atoms with van der Waals surface area (Å²) in [4.78, 5) is 0. The Morgan fingerprint density at radius 1 is 1.20 bits per heavy atom. The predicted molar refractivity (Wildman–Crippen MR) is 73.6 cm³/mol. The molecule has 0 fully saturated rings. The van der Waals surface area contributed by atoms with E-state index in [0.29, 0.717) is 0 Å². The molecule has 0 saturated heterocycles. The summed E-state index contributed by atoms with van der Waals surface area (Å²) in [6.45, 7) is 11.9. The molecule has 3 heteroatoms. The fraction of sp³-hybridized carbons (Fsp3) is 1.00. The van der Waals surface area contributed by atoms with E-state index in [1.54, 1.807) is 0 Å². The minimum absolute atomic E-state index is 0.0778. The van der Waals surface area contributed by atoms with Gasteiger partial charge in [0.1, 0.15) is 7.17 Å². The molecular formula is C12H28B2O. The molecule has 0 aliphatic carbocycles. The number of hydrogen-bond acceptors (Lipinski definition) is 1. The Morgan fingerprint density at radius 3 is 2.33 bits per heavy atom. The van der Waals surface area contributed by atoms with Crippen molar-refractivity contribution in [3.63, 3.8) is 0 Å². The van der Waals surface area contributed by atoms with Gasteiger partial charge < -0.3 is 4.74 Å². The van der Waals surface area contributed by atoms with Crippen LogP contribution in [0.4, 0.5) is 0 Å². The molecule has 1 unspecified atom stereocenters. The number of ether oxygens (including phenoxy) is 1. The van der Waals surface area contributed by atoms with Crippen LogP contribution in [0.15, 0.2) is 0 Å². The van der Waals surface area contributed by atoms with Crippen molar-refractivity contribution in [1.82, 2.24) is 0 Å². The van der Waals surface area contributed by atoms with Gasteiger partial charge in [-0.15, -0.1) is 0 Å². The Balaban J connectivity index is 3.77. The van der Waals surface area contributed by atoms with Crippen molar-refractivity contribution in [2.75, 3.05) is 6.61 Å². The fourth-order valence-corrected chi connectivity index (χ4v) is 2.06. The molecule has 88 valence electrons. The Morgan fingerprint density at radius 2 is 1.87 bits per heavy atom. The number of unbranched alkanes of at least 4 members (excludes halogenated alkanes) is 1. The lowest BCUT2D eigenvalue weighted by molar-refractivity contribution is 0.0543. The summed E-state index contributed by atoms with van der Waals surface area (Å²) in [6.07, 6.45) is 5.43. The van der Waals surface area contributed by atoms with Gasteiger partial charge in [-0.25, -0.2) is 0 Å². The van der Waals surface area contributed by atoms with E-state index < -0.39 is 0 Å². The van der Waals surface area contributed by atoms with Crippen LogP contribution in [0.25, 0.3) is 0 Å². The van der Waals surface area contributed by atoms with E-state index in [1.165, 1.54) is 40.0 Å². The molecule has 0 bridgehead atoms. The smallest absolute Gasteiger partial charge is 0.127 e. The van der Waals surface area contributed by atoms with Crippen LogP contribution in [0, 0.1) is 0 Å². The van der Waals surface area contributed by atoms with Gasteiger partial charge >= 0.3 is 0 Å². The zero-order chi connectivity index (χ0) is 11.7. The van der Waals surface area contributed by atoms with E-state index in [-0.39, 0.29) is 5.50 Å². The van der Waals surface area contributed by atoms with E-state index in [0.717, 1.165) is 12.4 Å². The molecule has 0 amide bonds. The highest BCUT2D eigenvalue weighted by atomic mass is 16.5. The first-order valence-corrected chi connectivity index (χ1v) is 6.69. The van der Waals surface area contributed by atoms with Crippen LogP contribution in [0.3, 0.4) is 0 Å². The molecule has 0 spiro atoms. The molecule has 0 aliphatic heterocycles. The summed E-state index contributed by atoms with van der Waals surface area (Å²) < 4.78 is 5.73. The van der Waals surface area contributed by atoms with Crippen molar-refractivity contribution in [1.29, 1.82) is 0 Å². The van der Waals surface area contributed by atoms with E-state index in [9.17, 15) is 0 Å². The summed E-state index contributed by atoms with van der Waals surface area (Å²) in [5.41, 5.74) is 0.0778. The van der Waals surface area contributed by atoms with E-state index in [1.807, 2.05) is 0 Å². The first-order valence-electron chi connectivity index (χ1n) is 6.69. The molecule has 0 saturated carbocycles. The molecule has 1 nitrogen and oxygen atoms in total. The minimum Gasteiger partial charge on any atom is -0.385 e. The molecule has 0 aromatic heterocycles. The standard InChI is InChI=1S/C12H28B2O/c1-6-9-10-11(7-2)13-14-12(4,5)15-8-3/h11,13-14H,6-10H2,1-5H3. The molecule has 0 aromatic carbocycles. The maximum atomic E-state index is 5.73. The second kappa shape index (κ2) is 8.27. The van der Waals surface area contributed by atoms with Gasteiger partial charge in [0.2, 0.25) is 0 Å². The third-order valence-electron chi connectivity index (χ3n) is 3.23. The van der Waals surface area contributed by atoms with Gasteiger partial charge in [-0.2, -0.15) is 0 Å². The molecule has 1 atom stereocenters. The minimum atomic E-state index is 0.0778. The van der Waals surface area contributed by atoms with E-state index in [4.69, 9.17) is 4.74 Å². The highest BCUT2D eigenvalue weighted by molar-refractivity contribution is 7.02. The average molecular weight is 210 g/mol. The quantitative estimate of drug-likeness (QED) is 0.531. The summed E-state index contributed by atoms with van der Waals surface area (Å²) in [6, 6.07) is 0. The summed E-state index contributed by atoms with van der Waals surface area (Å²) in [5, 5.41) is 0.